The molecule has 0 aromatic heterocycles. The molecule has 0 radical (unpaired) electrons. The van der Waals surface area contributed by atoms with Gasteiger partial charge in [-0.1, -0.05) is 12.1 Å². The Balaban J connectivity index is 1.86. The minimum Gasteiger partial charge on any atom is -0.326 e. The van der Waals surface area contributed by atoms with E-state index in [0.29, 0.717) is 12.2 Å². The van der Waals surface area contributed by atoms with Gasteiger partial charge in [0.25, 0.3) is 5.91 Å². The van der Waals surface area contributed by atoms with Gasteiger partial charge in [0.15, 0.2) is 6.54 Å². The van der Waals surface area contributed by atoms with Gasteiger partial charge in [-0.2, -0.15) is 13.2 Å². The van der Waals surface area contributed by atoms with E-state index in [1.54, 1.807) is 11.8 Å². The number of nitrogens with one attached hydrogen (secondary N) is 2. The lowest BCUT2D eigenvalue weighted by atomic mass is 10.2. The lowest BCUT2D eigenvalue weighted by Crippen LogP contribution is -3.08. The number of rotatable bonds is 6. The zero-order valence-electron chi connectivity index (χ0n) is 14.0. The molecule has 0 saturated heterocycles. The predicted molar refractivity (Wildman–Crippen MR) is 93.8 cm³/mol. The molecule has 2 aromatic rings. The van der Waals surface area contributed by atoms with Crippen LogP contribution >= 0.6 is 11.8 Å². The van der Waals surface area contributed by atoms with Gasteiger partial charge in [-0.05, 0) is 42.7 Å². The number of amides is 1. The van der Waals surface area contributed by atoms with Gasteiger partial charge in [-0.25, -0.2) is 0 Å². The Morgan fingerprint density at radius 1 is 1.08 bits per heavy atom. The van der Waals surface area contributed by atoms with E-state index in [9.17, 15) is 18.0 Å². The molecule has 2 rings (SSSR count). The molecule has 0 aliphatic heterocycles. The summed E-state index contributed by atoms with van der Waals surface area (Å²) in [6, 6.07) is 12.6. The zero-order valence-corrected chi connectivity index (χ0v) is 14.8. The number of hydrogen-bond donors (Lipinski definition) is 2. The van der Waals surface area contributed by atoms with E-state index >= 15 is 0 Å². The molecule has 1 atom stereocenters. The summed E-state index contributed by atoms with van der Waals surface area (Å²) in [5.41, 5.74) is 0.745. The minimum absolute atomic E-state index is 0.227. The summed E-state index contributed by atoms with van der Waals surface area (Å²) >= 11 is 1.67. The van der Waals surface area contributed by atoms with Crippen molar-refractivity contribution in [3.05, 3.63) is 59.7 Å². The van der Waals surface area contributed by atoms with Crippen LogP contribution in [0.15, 0.2) is 53.4 Å². The second-order valence-corrected chi connectivity index (χ2v) is 6.66. The van der Waals surface area contributed by atoms with Gasteiger partial charge in [0.05, 0.1) is 12.6 Å². The standard InChI is InChI=1S/C18H19F3N2OS/c1-23(11-13-3-9-16(25-2)10-4-13)12-17(24)22-15-7-5-14(6-8-15)18(19,20)21/h3-10H,11-12H2,1-2H3,(H,22,24)/p+1. The summed E-state index contributed by atoms with van der Waals surface area (Å²) in [7, 11) is 1.90. The first-order valence-electron chi connectivity index (χ1n) is 7.69. The number of thioether (sulfide) groups is 1. The van der Waals surface area contributed by atoms with E-state index in [2.05, 4.69) is 5.32 Å². The maximum absolute atomic E-state index is 12.5. The number of anilines is 1. The number of benzene rings is 2. The van der Waals surface area contributed by atoms with E-state index < -0.39 is 11.7 Å². The number of halogens is 3. The molecule has 25 heavy (non-hydrogen) atoms. The third-order valence-corrected chi connectivity index (χ3v) is 4.37. The summed E-state index contributed by atoms with van der Waals surface area (Å²) in [5.74, 6) is -0.238. The van der Waals surface area contributed by atoms with Crippen molar-refractivity contribution in [3.8, 4) is 0 Å². The molecule has 0 aliphatic rings. The van der Waals surface area contributed by atoms with Crippen LogP contribution in [-0.4, -0.2) is 25.8 Å². The fraction of sp³-hybridized carbons (Fsp3) is 0.278. The fourth-order valence-corrected chi connectivity index (χ4v) is 2.78. The quantitative estimate of drug-likeness (QED) is 0.768. The van der Waals surface area contributed by atoms with Crippen molar-refractivity contribution >= 4 is 23.4 Å². The highest BCUT2D eigenvalue weighted by atomic mass is 32.2. The molecule has 0 spiro atoms. The Hall–Kier alpha value is -1.99. The average Bonchev–Trinajstić information content (AvgIpc) is 2.55. The molecular weight excluding hydrogens is 349 g/mol. The van der Waals surface area contributed by atoms with Crippen molar-refractivity contribution in [3.63, 3.8) is 0 Å². The monoisotopic (exact) mass is 369 g/mol. The summed E-state index contributed by atoms with van der Waals surface area (Å²) in [5, 5.41) is 2.63. The van der Waals surface area contributed by atoms with Crippen LogP contribution in [0.5, 0.6) is 0 Å². The van der Waals surface area contributed by atoms with Crippen LogP contribution in [0.25, 0.3) is 0 Å². The van der Waals surface area contributed by atoms with Crippen molar-refractivity contribution in [2.45, 2.75) is 17.6 Å². The molecule has 2 N–H and O–H groups in total. The van der Waals surface area contributed by atoms with Crippen LogP contribution in [0.3, 0.4) is 0 Å². The molecule has 0 heterocycles. The van der Waals surface area contributed by atoms with E-state index in [1.807, 2.05) is 37.6 Å². The minimum atomic E-state index is -4.38. The molecule has 1 unspecified atom stereocenters. The van der Waals surface area contributed by atoms with Gasteiger partial charge in [0.1, 0.15) is 6.54 Å². The SMILES string of the molecule is CSc1ccc(C[NH+](C)CC(=O)Nc2ccc(C(F)(F)F)cc2)cc1. The summed E-state index contributed by atoms with van der Waals surface area (Å²) in [6.45, 7) is 0.917. The lowest BCUT2D eigenvalue weighted by Gasteiger charge is -2.14. The number of carbonyl (C=O) groups is 1. The molecule has 7 heteroatoms. The van der Waals surface area contributed by atoms with Crippen LogP contribution in [0.4, 0.5) is 18.9 Å². The summed E-state index contributed by atoms with van der Waals surface area (Å²) < 4.78 is 37.6. The second-order valence-electron chi connectivity index (χ2n) is 5.78. The first kappa shape index (κ1) is 19.3. The van der Waals surface area contributed by atoms with Crippen LogP contribution < -0.4 is 10.2 Å². The van der Waals surface area contributed by atoms with Gasteiger partial charge >= 0.3 is 6.18 Å². The molecule has 0 aliphatic carbocycles. The fourth-order valence-electron chi connectivity index (χ4n) is 2.38. The Morgan fingerprint density at radius 2 is 1.68 bits per heavy atom. The van der Waals surface area contributed by atoms with Crippen LogP contribution in [-0.2, 0) is 17.5 Å². The number of hydrogen-bond acceptors (Lipinski definition) is 2. The number of carbonyl (C=O) groups excluding carboxylic acids is 1. The highest BCUT2D eigenvalue weighted by molar-refractivity contribution is 7.98. The van der Waals surface area contributed by atoms with Crippen molar-refractivity contribution in [1.29, 1.82) is 0 Å². The zero-order chi connectivity index (χ0) is 18.4. The van der Waals surface area contributed by atoms with Gasteiger partial charge in [-0.3, -0.25) is 4.79 Å². The molecule has 2 aromatic carbocycles. The predicted octanol–water partition coefficient (Wildman–Crippen LogP) is 3.08. The van der Waals surface area contributed by atoms with Crippen LogP contribution in [0.1, 0.15) is 11.1 Å². The van der Waals surface area contributed by atoms with Crippen molar-refractivity contribution in [2.24, 2.45) is 0 Å². The van der Waals surface area contributed by atoms with Crippen LogP contribution in [0.2, 0.25) is 0 Å². The highest BCUT2D eigenvalue weighted by Gasteiger charge is 2.30. The Morgan fingerprint density at radius 3 is 2.20 bits per heavy atom. The Kier molecular flexibility index (Phi) is 6.50. The topological polar surface area (TPSA) is 33.5 Å². The number of likely N-dealkylation sites (N-methyl/N-ethyl adjacent to an activating group) is 1. The second kappa shape index (κ2) is 8.40. The third-order valence-electron chi connectivity index (χ3n) is 3.62. The first-order chi connectivity index (χ1) is 11.8. The Bertz CT molecular complexity index is 700. The largest absolute Gasteiger partial charge is 0.416 e. The van der Waals surface area contributed by atoms with Crippen molar-refractivity contribution in [1.82, 2.24) is 0 Å². The normalized spacial score (nSPS) is 12.7. The van der Waals surface area contributed by atoms with E-state index in [1.165, 1.54) is 17.0 Å². The third kappa shape index (κ3) is 6.10. The van der Waals surface area contributed by atoms with Crippen LogP contribution in [0, 0.1) is 0 Å². The molecule has 3 nitrogen and oxygen atoms in total. The molecular formula is C18H20F3N2OS+. The lowest BCUT2D eigenvalue weighted by molar-refractivity contribution is -0.885. The molecule has 0 fully saturated rings. The van der Waals surface area contributed by atoms with Gasteiger partial charge in [0.2, 0.25) is 0 Å². The maximum atomic E-state index is 12.5. The molecule has 134 valence electrons. The molecule has 0 saturated carbocycles. The van der Waals surface area contributed by atoms with Gasteiger partial charge in [0, 0.05) is 16.1 Å². The van der Waals surface area contributed by atoms with E-state index in [0.717, 1.165) is 22.6 Å². The van der Waals surface area contributed by atoms with Gasteiger partial charge < -0.3 is 10.2 Å². The first-order valence-corrected chi connectivity index (χ1v) is 8.92. The van der Waals surface area contributed by atoms with Crippen molar-refractivity contribution in [2.75, 3.05) is 25.2 Å². The van der Waals surface area contributed by atoms with Crippen molar-refractivity contribution < 1.29 is 22.9 Å². The summed E-state index contributed by atoms with van der Waals surface area (Å²) in [4.78, 5) is 14.2. The molecule has 0 bridgehead atoms. The Labute approximate surface area is 149 Å². The summed E-state index contributed by atoms with van der Waals surface area (Å²) in [6.07, 6.45) is -2.36. The average molecular weight is 369 g/mol. The van der Waals surface area contributed by atoms with E-state index in [4.69, 9.17) is 0 Å². The highest BCUT2D eigenvalue weighted by Crippen LogP contribution is 2.29. The van der Waals surface area contributed by atoms with Gasteiger partial charge in [-0.15, -0.1) is 11.8 Å². The smallest absolute Gasteiger partial charge is 0.326 e. The van der Waals surface area contributed by atoms with E-state index in [-0.39, 0.29) is 12.5 Å². The number of alkyl halides is 3. The number of quaternary nitrogens is 1. The molecule has 1 amide bonds. The maximum Gasteiger partial charge on any atom is 0.416 e.